The number of benzene rings is 3. The van der Waals surface area contributed by atoms with Crippen molar-refractivity contribution in [2.45, 2.75) is 30.6 Å². The van der Waals surface area contributed by atoms with Gasteiger partial charge in [-0.05, 0) is 42.8 Å². The second-order valence-corrected chi connectivity index (χ2v) is 8.87. The summed E-state index contributed by atoms with van der Waals surface area (Å²) < 4.78 is 116. The van der Waals surface area contributed by atoms with Crippen LogP contribution in [0.2, 0.25) is 0 Å². The molecule has 0 radical (unpaired) electrons. The smallest absolute Gasteiger partial charge is 0.422 e. The third-order valence-corrected chi connectivity index (χ3v) is 6.44. The molecule has 1 heterocycles. The van der Waals surface area contributed by atoms with Crippen molar-refractivity contribution in [1.29, 1.82) is 0 Å². The molecule has 3 aromatic carbocycles. The van der Waals surface area contributed by atoms with Crippen molar-refractivity contribution in [3.05, 3.63) is 93.8 Å². The van der Waals surface area contributed by atoms with Gasteiger partial charge < -0.3 is 9.30 Å². The predicted octanol–water partition coefficient (Wildman–Crippen LogP) is 7.27. The molecular formula is C25H16F8N2O2S. The van der Waals surface area contributed by atoms with Crippen LogP contribution in [-0.4, -0.2) is 22.1 Å². The Hall–Kier alpha value is -3.61. The number of hydrogen-bond acceptors (Lipinski definition) is 4. The number of imidazole rings is 1. The van der Waals surface area contributed by atoms with Crippen molar-refractivity contribution < 1.29 is 44.7 Å². The van der Waals surface area contributed by atoms with Crippen LogP contribution < -0.4 is 0 Å². The Labute approximate surface area is 214 Å². The van der Waals surface area contributed by atoms with Gasteiger partial charge >= 0.3 is 12.1 Å². The van der Waals surface area contributed by atoms with Crippen molar-refractivity contribution in [2.75, 3.05) is 6.61 Å². The molecule has 0 saturated carbocycles. The van der Waals surface area contributed by atoms with Crippen LogP contribution in [0.25, 0.3) is 11.0 Å². The molecule has 1 aromatic heterocycles. The summed E-state index contributed by atoms with van der Waals surface area (Å²) in [6.45, 7) is 1.73. The number of ether oxygens (including phenoxy) is 1. The average molecular weight is 560 g/mol. The summed E-state index contributed by atoms with van der Waals surface area (Å²) in [6.07, 6.45) is -5.66. The fourth-order valence-corrected chi connectivity index (χ4v) is 4.73. The van der Waals surface area contributed by atoms with E-state index >= 15 is 0 Å². The van der Waals surface area contributed by atoms with Crippen molar-refractivity contribution >= 4 is 28.8 Å². The lowest BCUT2D eigenvalue weighted by atomic mass is 10.1. The summed E-state index contributed by atoms with van der Waals surface area (Å²) >= 11 is 0.580. The van der Waals surface area contributed by atoms with E-state index in [1.165, 1.54) is 41.0 Å². The first kappa shape index (κ1) is 27.4. The van der Waals surface area contributed by atoms with E-state index in [1.54, 1.807) is 13.0 Å². The molecule has 4 nitrogen and oxygen atoms in total. The summed E-state index contributed by atoms with van der Waals surface area (Å²) in [5.41, 5.74) is -2.66. The molecule has 0 amide bonds. The summed E-state index contributed by atoms with van der Waals surface area (Å²) in [4.78, 5) is 16.4. The molecule has 0 unspecified atom stereocenters. The van der Waals surface area contributed by atoms with E-state index in [1.807, 2.05) is 0 Å². The molecule has 0 fully saturated rings. The Morgan fingerprint density at radius 2 is 1.66 bits per heavy atom. The van der Waals surface area contributed by atoms with Gasteiger partial charge in [-0.3, -0.25) is 0 Å². The third-order valence-electron chi connectivity index (χ3n) is 5.44. The van der Waals surface area contributed by atoms with Crippen LogP contribution in [0.3, 0.4) is 0 Å². The quantitative estimate of drug-likeness (QED) is 0.103. The highest BCUT2D eigenvalue weighted by Gasteiger charge is 2.42. The fraction of sp³-hybridized carbons (Fsp3) is 0.200. The van der Waals surface area contributed by atoms with Gasteiger partial charge in [0, 0.05) is 11.3 Å². The summed E-state index contributed by atoms with van der Waals surface area (Å²) in [5, 5.41) is 0.0322. The maximum absolute atomic E-state index is 14.4. The number of esters is 1. The molecule has 4 aromatic rings. The highest BCUT2D eigenvalue weighted by atomic mass is 32.2. The first-order valence-electron chi connectivity index (χ1n) is 10.9. The number of fused-ring (bicyclic) bond motifs is 1. The Kier molecular flexibility index (Phi) is 7.68. The largest absolute Gasteiger partial charge is 0.462 e. The molecular weight excluding hydrogens is 544 g/mol. The Morgan fingerprint density at radius 1 is 0.974 bits per heavy atom. The zero-order chi connectivity index (χ0) is 27.8. The van der Waals surface area contributed by atoms with Crippen LogP contribution in [0.4, 0.5) is 35.1 Å². The fourth-order valence-electron chi connectivity index (χ4n) is 3.72. The monoisotopic (exact) mass is 560 g/mol. The molecule has 0 N–H and O–H groups in total. The first-order valence-corrected chi connectivity index (χ1v) is 11.9. The number of rotatable bonds is 7. The number of aromatic nitrogens is 2. The van der Waals surface area contributed by atoms with E-state index in [0.29, 0.717) is 22.8 Å². The number of hydrogen-bond donors (Lipinski definition) is 0. The minimum Gasteiger partial charge on any atom is -0.462 e. The molecule has 0 aliphatic carbocycles. The summed E-state index contributed by atoms with van der Waals surface area (Å²) in [5.74, 6) is -11.5. The zero-order valence-corrected chi connectivity index (χ0v) is 20.1. The van der Waals surface area contributed by atoms with Gasteiger partial charge in [0.25, 0.3) is 0 Å². The van der Waals surface area contributed by atoms with Gasteiger partial charge in [-0.15, -0.1) is 0 Å². The van der Waals surface area contributed by atoms with Crippen LogP contribution in [0, 0.1) is 29.1 Å². The first-order chi connectivity index (χ1) is 17.9. The number of halogens is 8. The third kappa shape index (κ3) is 5.33. The molecule has 4 rings (SSSR count). The minimum absolute atomic E-state index is 0.00392. The van der Waals surface area contributed by atoms with Gasteiger partial charge in [0.2, 0.25) is 0 Å². The van der Waals surface area contributed by atoms with Crippen LogP contribution in [-0.2, 0) is 23.2 Å². The van der Waals surface area contributed by atoms with E-state index in [4.69, 9.17) is 4.74 Å². The second-order valence-electron chi connectivity index (χ2n) is 7.93. The molecule has 0 aliphatic heterocycles. The molecule has 0 atom stereocenters. The molecule has 0 spiro atoms. The number of nitrogens with zero attached hydrogens (tertiary/aromatic N) is 2. The van der Waals surface area contributed by atoms with Gasteiger partial charge in [-0.25, -0.2) is 31.7 Å². The van der Waals surface area contributed by atoms with E-state index in [-0.39, 0.29) is 29.4 Å². The Balaban J connectivity index is 1.77. The minimum atomic E-state index is -5.66. The van der Waals surface area contributed by atoms with Crippen LogP contribution in [0.15, 0.2) is 47.6 Å². The van der Waals surface area contributed by atoms with Crippen molar-refractivity contribution in [1.82, 2.24) is 9.55 Å². The number of carbonyl (C=O) groups is 1. The SMILES string of the molecule is CCOC(=O)c1ccc2c(c1)nc(SCc1c(F)c(F)c(C(F)(F)F)c(F)c1F)n2Cc1cccc(F)c1. The lowest BCUT2D eigenvalue weighted by Crippen LogP contribution is -2.17. The van der Waals surface area contributed by atoms with Gasteiger partial charge in [-0.2, -0.15) is 13.2 Å². The number of thioether (sulfide) groups is 1. The second kappa shape index (κ2) is 10.6. The van der Waals surface area contributed by atoms with Gasteiger partial charge in [0.05, 0.1) is 29.7 Å². The van der Waals surface area contributed by atoms with E-state index < -0.39 is 58.1 Å². The van der Waals surface area contributed by atoms with Gasteiger partial charge in [0.1, 0.15) is 11.4 Å². The highest BCUT2D eigenvalue weighted by molar-refractivity contribution is 7.98. The van der Waals surface area contributed by atoms with E-state index in [2.05, 4.69) is 4.98 Å². The lowest BCUT2D eigenvalue weighted by Gasteiger charge is -2.14. The number of carbonyl (C=O) groups excluding carboxylic acids is 1. The maximum atomic E-state index is 14.4. The van der Waals surface area contributed by atoms with Gasteiger partial charge in [-0.1, -0.05) is 23.9 Å². The normalized spacial score (nSPS) is 11.8. The Morgan fingerprint density at radius 3 is 2.26 bits per heavy atom. The summed E-state index contributed by atoms with van der Waals surface area (Å²) in [7, 11) is 0. The summed E-state index contributed by atoms with van der Waals surface area (Å²) in [6, 6.07) is 9.83. The van der Waals surface area contributed by atoms with Crippen LogP contribution in [0.5, 0.6) is 0 Å². The van der Waals surface area contributed by atoms with Crippen LogP contribution in [0.1, 0.15) is 34.0 Å². The van der Waals surface area contributed by atoms with Crippen molar-refractivity contribution in [2.24, 2.45) is 0 Å². The predicted molar refractivity (Wildman–Crippen MR) is 122 cm³/mol. The topological polar surface area (TPSA) is 44.1 Å². The van der Waals surface area contributed by atoms with Gasteiger partial charge in [0.15, 0.2) is 28.4 Å². The lowest BCUT2D eigenvalue weighted by molar-refractivity contribution is -0.143. The van der Waals surface area contributed by atoms with Crippen molar-refractivity contribution in [3.63, 3.8) is 0 Å². The molecule has 13 heteroatoms. The van der Waals surface area contributed by atoms with E-state index in [0.717, 1.165) is 0 Å². The molecule has 0 bridgehead atoms. The van der Waals surface area contributed by atoms with Crippen molar-refractivity contribution in [3.8, 4) is 0 Å². The highest BCUT2D eigenvalue weighted by Crippen LogP contribution is 2.38. The number of alkyl halides is 3. The maximum Gasteiger partial charge on any atom is 0.422 e. The molecule has 0 aliphatic rings. The molecule has 0 saturated heterocycles. The zero-order valence-electron chi connectivity index (χ0n) is 19.3. The average Bonchev–Trinajstić information content (AvgIpc) is 3.18. The Bertz CT molecular complexity index is 1510. The molecule has 38 heavy (non-hydrogen) atoms. The van der Waals surface area contributed by atoms with E-state index in [9.17, 15) is 39.9 Å². The van der Waals surface area contributed by atoms with Crippen LogP contribution >= 0.6 is 11.8 Å². The standard InChI is InChI=1S/C25H16F8N2O2S/c1-2-37-23(36)13-6-7-17-16(9-13)34-24(35(17)10-12-4-3-5-14(26)8-12)38-11-15-19(27)21(29)18(25(31,32)33)22(30)20(15)28/h3-9H,2,10-11H2,1H3. The molecule has 200 valence electrons.